The Morgan fingerprint density at radius 3 is 2.94 bits per heavy atom. The number of rotatable bonds is 9. The summed E-state index contributed by atoms with van der Waals surface area (Å²) in [6.45, 7) is 4.46. The zero-order valence-electron chi connectivity index (χ0n) is 18.6. The Morgan fingerprint density at radius 2 is 2.10 bits per heavy atom. The molecule has 0 bridgehead atoms. The molecule has 1 aliphatic carbocycles. The average Bonchev–Trinajstić information content (AvgIpc) is 3.41. The maximum atomic E-state index is 11.4. The number of fused-ring (bicyclic) bond motifs is 2. The second-order valence-corrected chi connectivity index (χ2v) is 8.37. The fourth-order valence-corrected chi connectivity index (χ4v) is 4.72. The second-order valence-electron chi connectivity index (χ2n) is 8.37. The number of aryl methyl sites for hydroxylation is 1. The van der Waals surface area contributed by atoms with Crippen molar-refractivity contribution in [3.63, 3.8) is 0 Å². The molecule has 1 unspecified atom stereocenters. The number of aromatic nitrogens is 1. The van der Waals surface area contributed by atoms with Crippen molar-refractivity contribution in [1.82, 2.24) is 9.88 Å². The van der Waals surface area contributed by atoms with E-state index in [1.54, 1.807) is 0 Å². The highest BCUT2D eigenvalue weighted by atomic mass is 16.5. The van der Waals surface area contributed by atoms with E-state index in [9.17, 15) is 4.79 Å². The van der Waals surface area contributed by atoms with Crippen LogP contribution in [0.25, 0.3) is 17.0 Å². The molecule has 4 heteroatoms. The lowest BCUT2D eigenvalue weighted by Crippen LogP contribution is -2.30. The Labute approximate surface area is 184 Å². The van der Waals surface area contributed by atoms with Gasteiger partial charge in [0.2, 0.25) is 0 Å². The fourth-order valence-electron chi connectivity index (χ4n) is 4.72. The van der Waals surface area contributed by atoms with Gasteiger partial charge in [-0.2, -0.15) is 0 Å². The smallest absolute Gasteiger partial charge is 0.330 e. The van der Waals surface area contributed by atoms with Crippen LogP contribution in [0.3, 0.4) is 0 Å². The minimum Gasteiger partial charge on any atom is -0.466 e. The van der Waals surface area contributed by atoms with Crippen LogP contribution in [-0.4, -0.2) is 36.1 Å². The van der Waals surface area contributed by atoms with E-state index in [2.05, 4.69) is 65.5 Å². The topological polar surface area (TPSA) is 45.3 Å². The number of para-hydroxylation sites is 1. The molecule has 4 rings (SSSR count). The van der Waals surface area contributed by atoms with Crippen LogP contribution in [0.5, 0.6) is 0 Å². The molecule has 0 spiro atoms. The Balaban J connectivity index is 1.50. The van der Waals surface area contributed by atoms with E-state index in [4.69, 9.17) is 4.74 Å². The lowest BCUT2D eigenvalue weighted by molar-refractivity contribution is -0.134. The van der Waals surface area contributed by atoms with E-state index in [0.29, 0.717) is 6.04 Å². The van der Waals surface area contributed by atoms with E-state index in [0.717, 1.165) is 37.9 Å². The maximum absolute atomic E-state index is 11.4. The molecule has 4 nitrogen and oxygen atoms in total. The van der Waals surface area contributed by atoms with E-state index in [1.165, 1.54) is 53.6 Å². The molecule has 1 aromatic heterocycles. The van der Waals surface area contributed by atoms with Crippen molar-refractivity contribution in [2.24, 2.45) is 0 Å². The van der Waals surface area contributed by atoms with Gasteiger partial charge in [0.25, 0.3) is 0 Å². The number of nitrogens with one attached hydrogen (secondary N) is 1. The molecule has 1 atom stereocenters. The molecule has 1 N–H and O–H groups in total. The second kappa shape index (κ2) is 9.97. The molecule has 0 radical (unpaired) electrons. The number of unbranched alkanes of at least 4 members (excludes halogenated alkanes) is 1. The molecule has 162 valence electrons. The summed E-state index contributed by atoms with van der Waals surface area (Å²) in [5, 5.41) is 1.34. The molecule has 0 saturated carbocycles. The number of H-pyrrole nitrogens is 1. The third-order valence-electron chi connectivity index (χ3n) is 6.41. The van der Waals surface area contributed by atoms with Crippen molar-refractivity contribution < 1.29 is 9.53 Å². The Kier molecular flexibility index (Phi) is 6.88. The molecule has 3 aromatic rings. The van der Waals surface area contributed by atoms with E-state index in [-0.39, 0.29) is 5.97 Å². The molecule has 0 aliphatic heterocycles. The number of hydrogen-bond acceptors (Lipinski definition) is 3. The normalized spacial score (nSPS) is 15.8. The van der Waals surface area contributed by atoms with E-state index in [1.807, 2.05) is 6.08 Å². The van der Waals surface area contributed by atoms with Crippen LogP contribution in [0.1, 0.15) is 54.5 Å². The number of aromatic amines is 1. The highest BCUT2D eigenvalue weighted by Gasteiger charge is 2.27. The summed E-state index contributed by atoms with van der Waals surface area (Å²) in [6, 6.07) is 15.6. The van der Waals surface area contributed by atoms with Crippen LogP contribution >= 0.6 is 0 Å². The highest BCUT2D eigenvalue weighted by Crippen LogP contribution is 2.37. The van der Waals surface area contributed by atoms with Gasteiger partial charge in [-0.3, -0.25) is 4.90 Å². The summed E-state index contributed by atoms with van der Waals surface area (Å²) in [6.07, 6.45) is 11.2. The molecule has 0 saturated heterocycles. The first kappa shape index (κ1) is 21.4. The van der Waals surface area contributed by atoms with Gasteiger partial charge in [-0.25, -0.2) is 4.79 Å². The number of carbonyl (C=O) groups excluding carboxylic acids is 1. The van der Waals surface area contributed by atoms with Crippen molar-refractivity contribution in [2.45, 2.75) is 45.1 Å². The largest absolute Gasteiger partial charge is 0.466 e. The monoisotopic (exact) mass is 416 g/mol. The van der Waals surface area contributed by atoms with Crippen LogP contribution in [0.2, 0.25) is 0 Å². The molecular formula is C27H32N2O2. The number of methoxy groups -OCH3 is 1. The number of ether oxygens (including phenoxy) is 1. The van der Waals surface area contributed by atoms with Gasteiger partial charge in [0, 0.05) is 35.8 Å². The zero-order valence-corrected chi connectivity index (χ0v) is 18.6. The van der Waals surface area contributed by atoms with Gasteiger partial charge in [0.15, 0.2) is 0 Å². The minimum atomic E-state index is -0.318. The first-order chi connectivity index (χ1) is 15.2. The summed E-state index contributed by atoms with van der Waals surface area (Å²) in [7, 11) is 1.40. The molecule has 0 amide bonds. The summed E-state index contributed by atoms with van der Waals surface area (Å²) in [5.41, 5.74) is 6.54. The maximum Gasteiger partial charge on any atom is 0.330 e. The lowest BCUT2D eigenvalue weighted by atomic mass is 10.0. The van der Waals surface area contributed by atoms with Gasteiger partial charge < -0.3 is 9.72 Å². The van der Waals surface area contributed by atoms with Gasteiger partial charge in [-0.1, -0.05) is 49.7 Å². The number of nitrogens with zero attached hydrogens (tertiary/aromatic N) is 1. The standard InChI is InChI=1S/C27H32N2O2/c1-3-4-16-29(17-15-22-19-28-25-8-6-5-7-23(22)25)26-13-11-21-18-20(9-12-24(21)26)10-14-27(30)31-2/h5-10,12,14,18-19,26,28H,3-4,11,13,15-17H2,1-2H3/b14-10+. The Morgan fingerprint density at radius 1 is 1.23 bits per heavy atom. The van der Waals surface area contributed by atoms with Crippen molar-refractivity contribution in [2.75, 3.05) is 20.2 Å². The third-order valence-corrected chi connectivity index (χ3v) is 6.41. The van der Waals surface area contributed by atoms with E-state index < -0.39 is 0 Å². The Hall–Kier alpha value is -2.85. The third kappa shape index (κ3) is 4.91. The predicted molar refractivity (Wildman–Crippen MR) is 127 cm³/mol. The van der Waals surface area contributed by atoms with Gasteiger partial charge in [0.05, 0.1) is 7.11 Å². The first-order valence-corrected chi connectivity index (χ1v) is 11.4. The van der Waals surface area contributed by atoms with E-state index >= 15 is 0 Å². The van der Waals surface area contributed by atoms with Gasteiger partial charge >= 0.3 is 5.97 Å². The van der Waals surface area contributed by atoms with Crippen molar-refractivity contribution in [3.8, 4) is 0 Å². The molecular weight excluding hydrogens is 384 g/mol. The molecule has 1 heterocycles. The number of esters is 1. The summed E-state index contributed by atoms with van der Waals surface area (Å²) >= 11 is 0. The number of benzene rings is 2. The van der Waals surface area contributed by atoms with Gasteiger partial charge in [-0.15, -0.1) is 0 Å². The fraction of sp³-hybridized carbons (Fsp3) is 0.370. The van der Waals surface area contributed by atoms with Crippen LogP contribution in [0.15, 0.2) is 54.7 Å². The molecule has 0 fully saturated rings. The van der Waals surface area contributed by atoms with Crippen LogP contribution < -0.4 is 0 Å². The predicted octanol–water partition coefficient (Wildman–Crippen LogP) is 5.69. The van der Waals surface area contributed by atoms with Crippen LogP contribution in [0, 0.1) is 0 Å². The van der Waals surface area contributed by atoms with Crippen molar-refractivity contribution >= 4 is 22.9 Å². The SMILES string of the molecule is CCCCN(CCc1c[nH]c2ccccc12)C1CCc2cc(/C=C/C(=O)OC)ccc21. The lowest BCUT2D eigenvalue weighted by Gasteiger charge is -2.29. The highest BCUT2D eigenvalue weighted by molar-refractivity contribution is 5.87. The molecule has 31 heavy (non-hydrogen) atoms. The molecule has 1 aliphatic rings. The average molecular weight is 417 g/mol. The Bertz CT molecular complexity index is 1070. The minimum absolute atomic E-state index is 0.318. The first-order valence-electron chi connectivity index (χ1n) is 11.4. The van der Waals surface area contributed by atoms with Crippen LogP contribution in [0.4, 0.5) is 0 Å². The zero-order chi connectivity index (χ0) is 21.6. The van der Waals surface area contributed by atoms with Crippen molar-refractivity contribution in [1.29, 1.82) is 0 Å². The summed E-state index contributed by atoms with van der Waals surface area (Å²) < 4.78 is 4.70. The van der Waals surface area contributed by atoms with Gasteiger partial charge in [0.1, 0.15) is 0 Å². The summed E-state index contributed by atoms with van der Waals surface area (Å²) in [5.74, 6) is -0.318. The molecule has 2 aromatic carbocycles. The van der Waals surface area contributed by atoms with Gasteiger partial charge in [-0.05, 0) is 66.6 Å². The van der Waals surface area contributed by atoms with Crippen molar-refractivity contribution in [3.05, 3.63) is 77.0 Å². The number of hydrogen-bond donors (Lipinski definition) is 1. The number of carbonyl (C=O) groups is 1. The summed E-state index contributed by atoms with van der Waals surface area (Å²) in [4.78, 5) is 17.5. The van der Waals surface area contributed by atoms with Crippen LogP contribution in [-0.2, 0) is 22.4 Å². The quantitative estimate of drug-likeness (QED) is 0.360.